The molecule has 0 aliphatic carbocycles. The molecule has 0 aliphatic rings. The molecule has 0 aliphatic heterocycles. The van der Waals surface area contributed by atoms with Crippen LogP contribution in [0.2, 0.25) is 0 Å². The van der Waals surface area contributed by atoms with Crippen molar-refractivity contribution in [2.75, 3.05) is 12.4 Å². The van der Waals surface area contributed by atoms with Gasteiger partial charge in [0.05, 0.1) is 5.69 Å². The van der Waals surface area contributed by atoms with Crippen LogP contribution in [-0.4, -0.2) is 17.2 Å². The van der Waals surface area contributed by atoms with E-state index in [1.54, 1.807) is 13.1 Å². The monoisotopic (exact) mass is 217 g/mol. The number of rotatable bonds is 2. The van der Waals surface area contributed by atoms with Crippen molar-refractivity contribution in [2.24, 2.45) is 0 Å². The average Bonchev–Trinajstić information content (AvgIpc) is 2.32. The zero-order valence-corrected chi connectivity index (χ0v) is 9.16. The minimum atomic E-state index is -0.264. The molecule has 0 radical (unpaired) electrons. The maximum absolute atomic E-state index is 13.1. The molecule has 2 rings (SSSR count). The zero-order chi connectivity index (χ0) is 11.5. The van der Waals surface area contributed by atoms with E-state index in [2.05, 4.69) is 15.5 Å². The van der Waals surface area contributed by atoms with Gasteiger partial charge in [0.25, 0.3) is 0 Å². The predicted octanol–water partition coefficient (Wildman–Crippen LogP) is 2.63. The maximum atomic E-state index is 13.1. The highest BCUT2D eigenvalue weighted by Crippen LogP contribution is 2.22. The summed E-state index contributed by atoms with van der Waals surface area (Å²) in [5, 5.41) is 10.9. The quantitative estimate of drug-likeness (QED) is 0.840. The highest BCUT2D eigenvalue weighted by molar-refractivity contribution is 5.63. The largest absolute Gasteiger partial charge is 0.372 e. The van der Waals surface area contributed by atoms with E-state index in [0.29, 0.717) is 11.5 Å². The van der Waals surface area contributed by atoms with Gasteiger partial charge in [-0.05, 0) is 36.8 Å². The summed E-state index contributed by atoms with van der Waals surface area (Å²) < 4.78 is 13.1. The minimum absolute atomic E-state index is 0.264. The van der Waals surface area contributed by atoms with Crippen LogP contribution in [0.4, 0.5) is 10.2 Å². The second-order valence-electron chi connectivity index (χ2n) is 3.51. The summed E-state index contributed by atoms with van der Waals surface area (Å²) in [6.07, 6.45) is 0. The topological polar surface area (TPSA) is 37.8 Å². The zero-order valence-electron chi connectivity index (χ0n) is 9.16. The van der Waals surface area contributed by atoms with Gasteiger partial charge >= 0.3 is 0 Å². The van der Waals surface area contributed by atoms with Crippen LogP contribution in [0.3, 0.4) is 0 Å². The number of anilines is 1. The first-order chi connectivity index (χ1) is 7.70. The molecule has 1 heterocycles. The van der Waals surface area contributed by atoms with Gasteiger partial charge in [-0.3, -0.25) is 0 Å². The molecule has 0 bridgehead atoms. The number of hydrogen-bond donors (Lipinski definition) is 1. The Hall–Kier alpha value is -1.97. The van der Waals surface area contributed by atoms with Crippen LogP contribution >= 0.6 is 0 Å². The lowest BCUT2D eigenvalue weighted by Gasteiger charge is -2.05. The maximum Gasteiger partial charge on any atom is 0.148 e. The van der Waals surface area contributed by atoms with E-state index in [-0.39, 0.29) is 5.82 Å². The minimum Gasteiger partial charge on any atom is -0.372 e. The third kappa shape index (κ3) is 2.00. The van der Waals surface area contributed by atoms with Crippen molar-refractivity contribution < 1.29 is 4.39 Å². The summed E-state index contributed by atoms with van der Waals surface area (Å²) in [5.74, 6) is 0.429. The predicted molar refractivity (Wildman–Crippen MR) is 61.7 cm³/mol. The molecule has 0 saturated heterocycles. The van der Waals surface area contributed by atoms with Gasteiger partial charge in [0.1, 0.15) is 11.6 Å². The standard InChI is InChI=1S/C12H12FN3/c1-8-3-4-9(13)7-10(8)11-5-6-12(14-2)16-15-11/h3-7H,1-2H3,(H,14,16). The van der Waals surface area contributed by atoms with Crippen molar-refractivity contribution in [1.29, 1.82) is 0 Å². The summed E-state index contributed by atoms with van der Waals surface area (Å²) in [6, 6.07) is 8.28. The summed E-state index contributed by atoms with van der Waals surface area (Å²) in [4.78, 5) is 0. The molecular formula is C12H12FN3. The lowest BCUT2D eigenvalue weighted by atomic mass is 10.1. The highest BCUT2D eigenvalue weighted by Gasteiger charge is 2.05. The molecule has 0 saturated carbocycles. The Labute approximate surface area is 93.3 Å². The van der Waals surface area contributed by atoms with Crippen LogP contribution < -0.4 is 5.32 Å². The van der Waals surface area contributed by atoms with Crippen molar-refractivity contribution in [1.82, 2.24) is 10.2 Å². The Kier molecular flexibility index (Phi) is 2.81. The van der Waals surface area contributed by atoms with Crippen LogP contribution in [0.25, 0.3) is 11.3 Å². The highest BCUT2D eigenvalue weighted by atomic mass is 19.1. The SMILES string of the molecule is CNc1ccc(-c2cc(F)ccc2C)nn1. The number of nitrogens with zero attached hydrogens (tertiary/aromatic N) is 2. The van der Waals surface area contributed by atoms with Crippen molar-refractivity contribution in [3.8, 4) is 11.3 Å². The first kappa shape index (κ1) is 10.5. The van der Waals surface area contributed by atoms with Crippen molar-refractivity contribution in [3.05, 3.63) is 41.7 Å². The van der Waals surface area contributed by atoms with Gasteiger partial charge in [0, 0.05) is 12.6 Å². The van der Waals surface area contributed by atoms with Crippen LogP contribution in [-0.2, 0) is 0 Å². The van der Waals surface area contributed by atoms with Crippen LogP contribution in [0.15, 0.2) is 30.3 Å². The molecule has 3 nitrogen and oxygen atoms in total. The van der Waals surface area contributed by atoms with E-state index >= 15 is 0 Å². The van der Waals surface area contributed by atoms with E-state index in [4.69, 9.17) is 0 Å². The lowest BCUT2D eigenvalue weighted by Crippen LogP contribution is -1.96. The van der Waals surface area contributed by atoms with Crippen molar-refractivity contribution in [3.63, 3.8) is 0 Å². The molecule has 2 aromatic rings. The van der Waals surface area contributed by atoms with Gasteiger partial charge in [-0.25, -0.2) is 4.39 Å². The lowest BCUT2D eigenvalue weighted by molar-refractivity contribution is 0.628. The summed E-state index contributed by atoms with van der Waals surface area (Å²) in [7, 11) is 1.77. The summed E-state index contributed by atoms with van der Waals surface area (Å²) in [6.45, 7) is 1.92. The van der Waals surface area contributed by atoms with Gasteiger partial charge in [-0.1, -0.05) is 6.07 Å². The first-order valence-corrected chi connectivity index (χ1v) is 4.98. The van der Waals surface area contributed by atoms with Crippen LogP contribution in [0, 0.1) is 12.7 Å². The van der Waals surface area contributed by atoms with Crippen LogP contribution in [0.1, 0.15) is 5.56 Å². The Bertz CT molecular complexity index is 494. The fourth-order valence-corrected chi connectivity index (χ4v) is 1.48. The second kappa shape index (κ2) is 4.26. The Balaban J connectivity index is 2.45. The van der Waals surface area contributed by atoms with Gasteiger partial charge in [-0.15, -0.1) is 10.2 Å². The third-order valence-corrected chi connectivity index (χ3v) is 2.40. The molecule has 0 amide bonds. The number of hydrogen-bond acceptors (Lipinski definition) is 3. The Morgan fingerprint density at radius 1 is 1.12 bits per heavy atom. The van der Waals surface area contributed by atoms with E-state index in [1.807, 2.05) is 19.1 Å². The van der Waals surface area contributed by atoms with E-state index < -0.39 is 0 Å². The smallest absolute Gasteiger partial charge is 0.148 e. The number of aromatic nitrogens is 2. The van der Waals surface area contributed by atoms with E-state index in [9.17, 15) is 4.39 Å². The first-order valence-electron chi connectivity index (χ1n) is 4.98. The molecule has 16 heavy (non-hydrogen) atoms. The molecule has 82 valence electrons. The molecule has 1 aromatic heterocycles. The number of benzene rings is 1. The van der Waals surface area contributed by atoms with Crippen molar-refractivity contribution in [2.45, 2.75) is 6.92 Å². The molecule has 0 atom stereocenters. The summed E-state index contributed by atoms with van der Waals surface area (Å²) >= 11 is 0. The number of halogens is 1. The van der Waals surface area contributed by atoms with Gasteiger partial charge < -0.3 is 5.32 Å². The molecular weight excluding hydrogens is 205 g/mol. The summed E-state index contributed by atoms with van der Waals surface area (Å²) in [5.41, 5.74) is 2.43. The molecule has 4 heteroatoms. The molecule has 0 spiro atoms. The average molecular weight is 217 g/mol. The van der Waals surface area contributed by atoms with Gasteiger partial charge in [0.2, 0.25) is 0 Å². The van der Waals surface area contributed by atoms with E-state index in [1.165, 1.54) is 12.1 Å². The number of nitrogens with one attached hydrogen (secondary N) is 1. The molecule has 0 fully saturated rings. The third-order valence-electron chi connectivity index (χ3n) is 2.40. The fraction of sp³-hybridized carbons (Fsp3) is 0.167. The fourth-order valence-electron chi connectivity index (χ4n) is 1.48. The Morgan fingerprint density at radius 3 is 2.56 bits per heavy atom. The number of aryl methyl sites for hydroxylation is 1. The molecule has 0 unspecified atom stereocenters. The van der Waals surface area contributed by atoms with Gasteiger partial charge in [-0.2, -0.15) is 0 Å². The molecule has 1 N–H and O–H groups in total. The Morgan fingerprint density at radius 2 is 1.94 bits per heavy atom. The normalized spacial score (nSPS) is 10.2. The van der Waals surface area contributed by atoms with Gasteiger partial charge in [0.15, 0.2) is 0 Å². The second-order valence-corrected chi connectivity index (χ2v) is 3.51. The molecule has 1 aromatic carbocycles. The van der Waals surface area contributed by atoms with Crippen molar-refractivity contribution >= 4 is 5.82 Å². The van der Waals surface area contributed by atoms with Crippen LogP contribution in [0.5, 0.6) is 0 Å². The van der Waals surface area contributed by atoms with E-state index in [0.717, 1.165) is 11.1 Å².